The van der Waals surface area contributed by atoms with Crippen LogP contribution in [-0.2, 0) is 10.5 Å². The molecule has 5 rings (SSSR count). The number of halogens is 1. The number of hydrogen-bond acceptors (Lipinski definition) is 6. The van der Waals surface area contributed by atoms with Gasteiger partial charge in [0, 0.05) is 40.9 Å². The molecule has 3 heterocycles. The molecule has 1 aliphatic heterocycles. The van der Waals surface area contributed by atoms with Crippen molar-refractivity contribution in [2.45, 2.75) is 36.2 Å². The Kier molecular flexibility index (Phi) is 4.85. The van der Waals surface area contributed by atoms with E-state index >= 15 is 0 Å². The summed E-state index contributed by atoms with van der Waals surface area (Å²) in [7, 11) is 0. The van der Waals surface area contributed by atoms with Gasteiger partial charge < -0.3 is 5.32 Å². The summed E-state index contributed by atoms with van der Waals surface area (Å²) in [4.78, 5) is 21.7. The normalized spacial score (nSPS) is 18.2. The highest BCUT2D eigenvalue weighted by Crippen LogP contribution is 2.40. The highest BCUT2D eigenvalue weighted by molar-refractivity contribution is 7.98. The molecule has 0 bridgehead atoms. The molecule has 0 radical (unpaired) electrons. The number of ketones is 1. The quantitative estimate of drug-likeness (QED) is 0.616. The van der Waals surface area contributed by atoms with E-state index in [9.17, 15) is 4.79 Å². The summed E-state index contributed by atoms with van der Waals surface area (Å²) >= 11 is 7.80. The number of nitrogens with zero attached hydrogens (tertiary/aromatic N) is 4. The fraction of sp³-hybridized carbons (Fsp3) is 0.238. The Hall–Kier alpha value is -2.64. The first-order valence-corrected chi connectivity index (χ1v) is 10.8. The van der Waals surface area contributed by atoms with Gasteiger partial charge in [-0.2, -0.15) is 4.98 Å². The Labute approximate surface area is 177 Å². The smallest absolute Gasteiger partial charge is 0.227 e. The lowest BCUT2D eigenvalue weighted by atomic mass is 9.86. The molecule has 2 aromatic heterocycles. The third kappa shape index (κ3) is 3.45. The van der Waals surface area contributed by atoms with Gasteiger partial charge in [0.2, 0.25) is 11.1 Å². The summed E-state index contributed by atoms with van der Waals surface area (Å²) in [6, 6.07) is 11.3. The second-order valence-corrected chi connectivity index (χ2v) is 8.38. The van der Waals surface area contributed by atoms with Crippen LogP contribution < -0.4 is 5.32 Å². The van der Waals surface area contributed by atoms with E-state index in [1.54, 1.807) is 12.4 Å². The maximum Gasteiger partial charge on any atom is 0.227 e. The standard InChI is InChI=1S/C21H18ClN5OS/c22-15-7-2-1-5-14(15)12-29-21-25-20-24-16-8-3-9-17(28)18(16)19(27(20)26-21)13-6-4-10-23-11-13/h1-2,4-7,10-11,19H,3,8-9,12H2,(H,24,25,26)/t19-/m1/s1. The number of Topliss-reactive ketones (excluding diaryl/α,β-unsaturated/α-hetero) is 1. The van der Waals surface area contributed by atoms with Crippen molar-refractivity contribution in [2.24, 2.45) is 0 Å². The molecule has 1 aromatic carbocycles. The number of pyridine rings is 1. The fourth-order valence-corrected chi connectivity index (χ4v) is 4.92. The van der Waals surface area contributed by atoms with Crippen LogP contribution in [0, 0.1) is 0 Å². The number of hydrogen-bond donors (Lipinski definition) is 1. The highest BCUT2D eigenvalue weighted by Gasteiger charge is 2.36. The molecule has 0 amide bonds. The molecule has 146 valence electrons. The zero-order valence-corrected chi connectivity index (χ0v) is 17.1. The van der Waals surface area contributed by atoms with Gasteiger partial charge in [0.25, 0.3) is 0 Å². The van der Waals surface area contributed by atoms with Crippen LogP contribution >= 0.6 is 23.4 Å². The minimum Gasteiger partial charge on any atom is -0.328 e. The van der Waals surface area contributed by atoms with E-state index in [0.717, 1.165) is 40.3 Å². The number of rotatable bonds is 4. The second-order valence-electron chi connectivity index (χ2n) is 7.03. The largest absolute Gasteiger partial charge is 0.328 e. The SMILES string of the molecule is O=C1CCCC2=C1[C@@H](c1cccnc1)n1nc(SCc3ccccc3Cl)nc1N2. The van der Waals surface area contributed by atoms with Crippen molar-refractivity contribution >= 4 is 35.1 Å². The molecule has 6 nitrogen and oxygen atoms in total. The Morgan fingerprint density at radius 1 is 1.21 bits per heavy atom. The Morgan fingerprint density at radius 3 is 2.93 bits per heavy atom. The number of allylic oxidation sites excluding steroid dienone is 2. The van der Waals surface area contributed by atoms with Crippen LogP contribution in [0.1, 0.15) is 36.4 Å². The molecule has 0 saturated carbocycles. The number of benzene rings is 1. The third-order valence-corrected chi connectivity index (χ3v) is 6.42. The number of carbonyl (C=O) groups excluding carboxylic acids is 1. The summed E-state index contributed by atoms with van der Waals surface area (Å²) < 4.78 is 1.81. The second kappa shape index (κ2) is 7.65. The lowest BCUT2D eigenvalue weighted by Gasteiger charge is -2.31. The lowest BCUT2D eigenvalue weighted by Crippen LogP contribution is -2.31. The first kappa shape index (κ1) is 18.4. The van der Waals surface area contributed by atoms with Crippen LogP contribution in [0.25, 0.3) is 0 Å². The minimum absolute atomic E-state index is 0.166. The van der Waals surface area contributed by atoms with Gasteiger partial charge in [-0.25, -0.2) is 4.68 Å². The van der Waals surface area contributed by atoms with Crippen molar-refractivity contribution in [3.63, 3.8) is 0 Å². The first-order valence-electron chi connectivity index (χ1n) is 9.46. The molecule has 0 spiro atoms. The van der Waals surface area contributed by atoms with Gasteiger partial charge in [0.15, 0.2) is 5.78 Å². The molecule has 29 heavy (non-hydrogen) atoms. The topological polar surface area (TPSA) is 72.7 Å². The Morgan fingerprint density at radius 2 is 2.10 bits per heavy atom. The number of fused-ring (bicyclic) bond motifs is 1. The van der Waals surface area contributed by atoms with Crippen LogP contribution in [0.15, 0.2) is 65.2 Å². The van der Waals surface area contributed by atoms with Gasteiger partial charge in [-0.15, -0.1) is 5.10 Å². The third-order valence-electron chi connectivity index (χ3n) is 5.16. The van der Waals surface area contributed by atoms with Gasteiger partial charge in [-0.1, -0.05) is 47.6 Å². The van der Waals surface area contributed by atoms with Crippen molar-refractivity contribution in [2.75, 3.05) is 5.32 Å². The summed E-state index contributed by atoms with van der Waals surface area (Å²) in [6.07, 6.45) is 5.79. The van der Waals surface area contributed by atoms with Gasteiger partial charge in [0.1, 0.15) is 6.04 Å². The van der Waals surface area contributed by atoms with Gasteiger partial charge >= 0.3 is 0 Å². The molecule has 1 atom stereocenters. The number of carbonyl (C=O) groups is 1. The molecular weight excluding hydrogens is 406 g/mol. The summed E-state index contributed by atoms with van der Waals surface area (Å²) in [5.41, 5.74) is 3.71. The van der Waals surface area contributed by atoms with E-state index in [1.165, 1.54) is 11.8 Å². The summed E-state index contributed by atoms with van der Waals surface area (Å²) in [5, 5.41) is 9.46. The Balaban J connectivity index is 1.50. The monoisotopic (exact) mass is 423 g/mol. The van der Waals surface area contributed by atoms with E-state index in [1.807, 2.05) is 41.1 Å². The van der Waals surface area contributed by atoms with Crippen molar-refractivity contribution in [3.8, 4) is 0 Å². The van der Waals surface area contributed by atoms with Crippen molar-refractivity contribution in [3.05, 3.63) is 76.2 Å². The van der Waals surface area contributed by atoms with Crippen molar-refractivity contribution < 1.29 is 4.79 Å². The van der Waals surface area contributed by atoms with E-state index < -0.39 is 0 Å². The van der Waals surface area contributed by atoms with Crippen molar-refractivity contribution in [1.29, 1.82) is 0 Å². The van der Waals surface area contributed by atoms with Gasteiger partial charge in [0.05, 0.1) is 0 Å². The molecule has 1 N–H and O–H groups in total. The number of nitrogens with one attached hydrogen (secondary N) is 1. The van der Waals surface area contributed by atoms with Crippen LogP contribution in [0.2, 0.25) is 5.02 Å². The minimum atomic E-state index is -0.301. The Bertz CT molecular complexity index is 1110. The van der Waals surface area contributed by atoms with E-state index in [0.29, 0.717) is 23.3 Å². The average Bonchev–Trinajstić information content (AvgIpc) is 3.15. The molecule has 3 aromatic rings. The molecule has 1 aliphatic carbocycles. The van der Waals surface area contributed by atoms with Crippen LogP contribution in [-0.4, -0.2) is 25.5 Å². The molecule has 2 aliphatic rings. The number of anilines is 1. The zero-order valence-electron chi connectivity index (χ0n) is 15.5. The average molecular weight is 424 g/mol. The fourth-order valence-electron chi connectivity index (χ4n) is 3.80. The maximum atomic E-state index is 12.8. The number of thioether (sulfide) groups is 1. The van der Waals surface area contributed by atoms with Gasteiger partial charge in [-0.05, 0) is 36.1 Å². The maximum absolute atomic E-state index is 12.8. The highest BCUT2D eigenvalue weighted by atomic mass is 35.5. The van der Waals surface area contributed by atoms with E-state index in [4.69, 9.17) is 16.7 Å². The molecule has 0 fully saturated rings. The summed E-state index contributed by atoms with van der Waals surface area (Å²) in [5.74, 6) is 1.50. The zero-order chi connectivity index (χ0) is 19.8. The van der Waals surface area contributed by atoms with E-state index in [2.05, 4.69) is 15.3 Å². The molecular formula is C21H18ClN5OS. The molecule has 8 heteroatoms. The van der Waals surface area contributed by atoms with Crippen LogP contribution in [0.5, 0.6) is 0 Å². The van der Waals surface area contributed by atoms with Crippen LogP contribution in [0.3, 0.4) is 0 Å². The molecule has 0 unspecified atom stereocenters. The lowest BCUT2D eigenvalue weighted by molar-refractivity contribution is -0.116. The van der Waals surface area contributed by atoms with Gasteiger partial charge in [-0.3, -0.25) is 9.78 Å². The first-order chi connectivity index (χ1) is 14.2. The summed E-state index contributed by atoms with van der Waals surface area (Å²) in [6.45, 7) is 0. The van der Waals surface area contributed by atoms with E-state index in [-0.39, 0.29) is 11.8 Å². The van der Waals surface area contributed by atoms with Crippen LogP contribution in [0.4, 0.5) is 5.95 Å². The number of aromatic nitrogens is 4. The molecule has 0 saturated heterocycles. The predicted molar refractivity (Wildman–Crippen MR) is 113 cm³/mol. The predicted octanol–water partition coefficient (Wildman–Crippen LogP) is 4.64. The van der Waals surface area contributed by atoms with Crippen molar-refractivity contribution in [1.82, 2.24) is 19.7 Å².